The van der Waals surface area contributed by atoms with Crippen molar-refractivity contribution in [3.63, 3.8) is 0 Å². The van der Waals surface area contributed by atoms with Crippen LogP contribution in [0.15, 0.2) is 23.1 Å². The number of carboxylic acids is 1. The average molecular weight is 302 g/mol. The molecule has 0 bridgehead atoms. The molecule has 2 aliphatic heterocycles. The van der Waals surface area contributed by atoms with Crippen molar-refractivity contribution < 1.29 is 19.7 Å². The topological polar surface area (TPSA) is 103 Å². The number of H-pyrrole nitrogens is 1. The van der Waals surface area contributed by atoms with Crippen LogP contribution >= 0.6 is 0 Å². The molecular weight excluding hydrogens is 288 g/mol. The van der Waals surface area contributed by atoms with Gasteiger partial charge in [0.1, 0.15) is 12.2 Å². The molecule has 1 saturated heterocycles. The normalized spacial score (nSPS) is 23.0. The summed E-state index contributed by atoms with van der Waals surface area (Å²) in [5, 5.41) is 19.1. The van der Waals surface area contributed by atoms with Crippen LogP contribution in [0.3, 0.4) is 0 Å². The number of carboxylic acid groups (broad SMARTS) is 1. The van der Waals surface area contributed by atoms with Crippen molar-refractivity contribution in [1.29, 1.82) is 0 Å². The van der Waals surface area contributed by atoms with Crippen molar-refractivity contribution in [2.24, 2.45) is 0 Å². The van der Waals surface area contributed by atoms with Crippen molar-refractivity contribution in [2.45, 2.75) is 18.6 Å². The van der Waals surface area contributed by atoms with E-state index in [1.165, 1.54) is 6.20 Å². The van der Waals surface area contributed by atoms with Crippen molar-refractivity contribution in [2.75, 3.05) is 18.1 Å². The zero-order valence-corrected chi connectivity index (χ0v) is 11.6. The largest absolute Gasteiger partial charge is 0.487 e. The smallest absolute Gasteiger partial charge is 0.341 e. The highest BCUT2D eigenvalue weighted by molar-refractivity contribution is 5.96. The zero-order chi connectivity index (χ0) is 15.4. The predicted octanol–water partition coefficient (Wildman–Crippen LogP) is 0.558. The summed E-state index contributed by atoms with van der Waals surface area (Å²) >= 11 is 0. The molecule has 0 spiro atoms. The molecule has 1 aromatic carbocycles. The summed E-state index contributed by atoms with van der Waals surface area (Å²) in [4.78, 5) is 28.2. The second kappa shape index (κ2) is 4.48. The van der Waals surface area contributed by atoms with E-state index >= 15 is 0 Å². The Hall–Kier alpha value is -2.54. The van der Waals surface area contributed by atoms with Gasteiger partial charge < -0.3 is 24.8 Å². The highest BCUT2D eigenvalue weighted by Crippen LogP contribution is 2.41. The van der Waals surface area contributed by atoms with Gasteiger partial charge in [0.15, 0.2) is 5.75 Å². The van der Waals surface area contributed by atoms with E-state index in [9.17, 15) is 14.7 Å². The lowest BCUT2D eigenvalue weighted by molar-refractivity contribution is 0.0695. The molecule has 1 aromatic heterocycles. The molecule has 0 saturated carbocycles. The summed E-state index contributed by atoms with van der Waals surface area (Å²) in [6.45, 7) is 0.968. The number of benzene rings is 1. The number of nitrogens with one attached hydrogen (secondary N) is 1. The summed E-state index contributed by atoms with van der Waals surface area (Å²) < 4.78 is 5.78. The van der Waals surface area contributed by atoms with Crippen LogP contribution in [0, 0.1) is 0 Å². The molecule has 3 heterocycles. The number of hydrogen-bond donors (Lipinski definition) is 3. The number of pyridine rings is 1. The first-order valence-electron chi connectivity index (χ1n) is 7.05. The van der Waals surface area contributed by atoms with E-state index < -0.39 is 11.4 Å². The Kier molecular flexibility index (Phi) is 2.67. The monoisotopic (exact) mass is 302 g/mol. The quantitative estimate of drug-likeness (QED) is 0.711. The molecular formula is C15H14N2O5. The second-order valence-electron chi connectivity index (χ2n) is 5.68. The first kappa shape index (κ1) is 13.1. The summed E-state index contributed by atoms with van der Waals surface area (Å²) in [5.74, 6) is -0.721. The van der Waals surface area contributed by atoms with E-state index in [1.54, 1.807) is 12.1 Å². The fourth-order valence-electron chi connectivity index (χ4n) is 3.31. The molecule has 0 aliphatic carbocycles. The minimum absolute atomic E-state index is 0.130. The average Bonchev–Trinajstić information content (AvgIpc) is 2.87. The summed E-state index contributed by atoms with van der Waals surface area (Å²) in [6.07, 6.45) is 1.47. The molecule has 0 amide bonds. The van der Waals surface area contributed by atoms with Gasteiger partial charge in [0.25, 0.3) is 0 Å². The Labute approximate surface area is 124 Å². The highest BCUT2D eigenvalue weighted by Gasteiger charge is 2.37. The molecule has 2 unspecified atom stereocenters. The molecule has 2 aromatic rings. The second-order valence-corrected chi connectivity index (χ2v) is 5.68. The molecule has 114 valence electrons. The van der Waals surface area contributed by atoms with E-state index in [2.05, 4.69) is 9.88 Å². The highest BCUT2D eigenvalue weighted by atomic mass is 16.5. The Balaban J connectivity index is 1.93. The first-order valence-corrected chi connectivity index (χ1v) is 7.05. The number of nitrogens with zero attached hydrogens (tertiary/aromatic N) is 1. The maximum Gasteiger partial charge on any atom is 0.341 e. The zero-order valence-electron chi connectivity index (χ0n) is 11.6. The Morgan fingerprint density at radius 1 is 1.41 bits per heavy atom. The van der Waals surface area contributed by atoms with Crippen molar-refractivity contribution in [3.8, 4) is 5.75 Å². The number of hydrogen-bond acceptors (Lipinski definition) is 5. The van der Waals surface area contributed by atoms with Crippen molar-refractivity contribution >= 4 is 22.6 Å². The van der Waals surface area contributed by atoms with E-state index in [4.69, 9.17) is 9.84 Å². The summed E-state index contributed by atoms with van der Waals surface area (Å²) in [6, 6.07) is 3.49. The fourth-order valence-corrected chi connectivity index (χ4v) is 3.31. The number of aromatic amines is 1. The number of fused-ring (bicyclic) bond motifs is 5. The van der Waals surface area contributed by atoms with E-state index in [1.807, 2.05) is 0 Å². The molecule has 2 atom stereocenters. The molecule has 7 heteroatoms. The van der Waals surface area contributed by atoms with Crippen molar-refractivity contribution in [1.82, 2.24) is 4.98 Å². The third-order valence-corrected chi connectivity index (χ3v) is 4.34. The number of aliphatic hydroxyl groups excluding tert-OH is 1. The lowest BCUT2D eigenvalue weighted by atomic mass is 10.1. The van der Waals surface area contributed by atoms with Gasteiger partial charge in [0.05, 0.1) is 28.7 Å². The van der Waals surface area contributed by atoms with Gasteiger partial charge >= 0.3 is 5.97 Å². The number of anilines is 1. The van der Waals surface area contributed by atoms with Gasteiger partial charge in [-0.2, -0.15) is 0 Å². The van der Waals surface area contributed by atoms with Gasteiger partial charge in [-0.05, 0) is 18.6 Å². The van der Waals surface area contributed by atoms with Crippen LogP contribution in [0.25, 0.3) is 10.9 Å². The third-order valence-electron chi connectivity index (χ3n) is 4.34. The van der Waals surface area contributed by atoms with Crippen LogP contribution < -0.4 is 15.1 Å². The standard InChI is InChI=1S/C15H14N2O5/c18-8-3-7-6-22-14-11(17(7)5-8)2-1-9-12(14)16-4-10(13(9)19)15(20)21/h1-2,4,7-8,18H,3,5-6H2,(H,16,19)(H,20,21). The number of aromatic carboxylic acids is 1. The van der Waals surface area contributed by atoms with E-state index in [0.717, 1.165) is 5.69 Å². The maximum absolute atomic E-state index is 12.2. The summed E-state index contributed by atoms with van der Waals surface area (Å²) in [7, 11) is 0. The Morgan fingerprint density at radius 3 is 3.00 bits per heavy atom. The minimum Gasteiger partial charge on any atom is -0.487 e. The molecule has 2 aliphatic rings. The van der Waals surface area contributed by atoms with Gasteiger partial charge in [-0.1, -0.05) is 0 Å². The Morgan fingerprint density at radius 2 is 2.23 bits per heavy atom. The number of aliphatic hydroxyl groups is 1. The van der Waals surface area contributed by atoms with Crippen LogP contribution in [0.1, 0.15) is 16.8 Å². The number of aromatic nitrogens is 1. The SMILES string of the molecule is O=C(O)c1c[nH]c2c3c(ccc2c1=O)N1CC(O)CC1CO3. The number of carbonyl (C=O) groups is 1. The molecule has 4 rings (SSSR count). The molecule has 3 N–H and O–H groups in total. The van der Waals surface area contributed by atoms with Crippen LogP contribution in [0.5, 0.6) is 5.75 Å². The van der Waals surface area contributed by atoms with Gasteiger partial charge in [-0.15, -0.1) is 0 Å². The first-order chi connectivity index (χ1) is 10.6. The molecule has 7 nitrogen and oxygen atoms in total. The van der Waals surface area contributed by atoms with E-state index in [0.29, 0.717) is 30.8 Å². The maximum atomic E-state index is 12.2. The number of ether oxygens (including phenoxy) is 1. The van der Waals surface area contributed by atoms with Crippen LogP contribution in [-0.4, -0.2) is 46.5 Å². The van der Waals surface area contributed by atoms with Gasteiger partial charge in [-0.25, -0.2) is 4.79 Å². The number of rotatable bonds is 1. The molecule has 22 heavy (non-hydrogen) atoms. The van der Waals surface area contributed by atoms with Crippen molar-refractivity contribution in [3.05, 3.63) is 34.1 Å². The van der Waals surface area contributed by atoms with Crippen LogP contribution in [0.2, 0.25) is 0 Å². The molecule has 0 radical (unpaired) electrons. The minimum atomic E-state index is -1.26. The van der Waals surface area contributed by atoms with Crippen LogP contribution in [0.4, 0.5) is 5.69 Å². The van der Waals surface area contributed by atoms with Gasteiger partial charge in [0.2, 0.25) is 5.43 Å². The van der Waals surface area contributed by atoms with Crippen LogP contribution in [-0.2, 0) is 0 Å². The lowest BCUT2D eigenvalue weighted by Gasteiger charge is -2.33. The third kappa shape index (κ3) is 1.72. The molecule has 1 fully saturated rings. The summed E-state index contributed by atoms with van der Waals surface area (Å²) in [5.41, 5.74) is 0.486. The predicted molar refractivity (Wildman–Crippen MR) is 78.8 cm³/mol. The Bertz CT molecular complexity index is 844. The lowest BCUT2D eigenvalue weighted by Crippen LogP contribution is -2.38. The van der Waals surface area contributed by atoms with E-state index in [-0.39, 0.29) is 23.1 Å². The van der Waals surface area contributed by atoms with Gasteiger partial charge in [0, 0.05) is 12.7 Å². The van der Waals surface area contributed by atoms with Gasteiger partial charge in [-0.3, -0.25) is 4.79 Å². The fraction of sp³-hybridized carbons (Fsp3) is 0.333.